The van der Waals surface area contributed by atoms with Crippen LogP contribution in [0.25, 0.3) is 0 Å². The maximum atomic E-state index is 14.8. The third-order valence-electron chi connectivity index (χ3n) is 10.3. The van der Waals surface area contributed by atoms with Crippen LogP contribution in [0.15, 0.2) is 71.1 Å². The van der Waals surface area contributed by atoms with Crippen LogP contribution < -0.4 is 25.6 Å². The Balaban J connectivity index is 1.35. The largest absolute Gasteiger partial charge is 0.469 e. The van der Waals surface area contributed by atoms with Gasteiger partial charge >= 0.3 is 0 Å². The second kappa shape index (κ2) is 11.5. The highest BCUT2D eigenvalue weighted by Crippen LogP contribution is 2.58. The molecule has 0 saturated carbocycles. The number of carbonyl (C=O) groups is 3. The Kier molecular flexibility index (Phi) is 7.29. The monoisotopic (exact) mass is 661 g/mol. The molecule has 0 radical (unpaired) electrons. The molecule has 4 aliphatic rings. The van der Waals surface area contributed by atoms with Gasteiger partial charge in [0, 0.05) is 29.9 Å². The lowest BCUT2D eigenvalue weighted by molar-refractivity contribution is -0.135. The molecule has 8 rings (SSSR count). The Morgan fingerprint density at radius 2 is 1.80 bits per heavy atom. The van der Waals surface area contributed by atoms with Gasteiger partial charge in [-0.25, -0.2) is 4.98 Å². The molecule has 11 nitrogen and oxygen atoms in total. The molecule has 5 heterocycles. The first-order chi connectivity index (χ1) is 23.6. The van der Waals surface area contributed by atoms with E-state index in [9.17, 15) is 19.5 Å². The van der Waals surface area contributed by atoms with Gasteiger partial charge in [0.05, 0.1) is 0 Å². The van der Waals surface area contributed by atoms with E-state index in [1.54, 1.807) is 18.7 Å². The fourth-order valence-electron chi connectivity index (χ4n) is 7.68. The summed E-state index contributed by atoms with van der Waals surface area (Å²) in [5.74, 6) is -0.792. The first kappa shape index (κ1) is 31.1. The van der Waals surface area contributed by atoms with Crippen molar-refractivity contribution >= 4 is 29.1 Å². The Labute approximate surface area is 284 Å². The van der Waals surface area contributed by atoms with E-state index in [0.717, 1.165) is 40.0 Å². The first-order valence-corrected chi connectivity index (χ1v) is 16.9. The summed E-state index contributed by atoms with van der Waals surface area (Å²) in [4.78, 5) is 48.6. The molecular formula is C38H39N5O6. The Hall–Kier alpha value is -5.16. The maximum absolute atomic E-state index is 14.8. The summed E-state index contributed by atoms with van der Waals surface area (Å²) in [6.45, 7) is 7.84. The normalized spacial score (nSPS) is 23.8. The summed E-state index contributed by atoms with van der Waals surface area (Å²) >= 11 is 0. The van der Waals surface area contributed by atoms with E-state index in [-0.39, 0.29) is 35.7 Å². The molecule has 1 spiro atoms. The zero-order valence-electron chi connectivity index (χ0n) is 27.8. The highest BCUT2D eigenvalue weighted by atomic mass is 16.5. The van der Waals surface area contributed by atoms with Crippen molar-refractivity contribution in [2.75, 3.05) is 16.8 Å². The van der Waals surface area contributed by atoms with Crippen molar-refractivity contribution in [3.63, 3.8) is 0 Å². The van der Waals surface area contributed by atoms with E-state index >= 15 is 0 Å². The number of fused-ring (bicyclic) bond motifs is 5. The number of oxazole rings is 1. The number of nitrogens with one attached hydrogen (secondary N) is 3. The predicted octanol–water partition coefficient (Wildman–Crippen LogP) is 4.23. The number of aliphatic hydroxyl groups excluding tert-OH is 1. The van der Waals surface area contributed by atoms with Crippen molar-refractivity contribution in [3.8, 4) is 5.75 Å². The summed E-state index contributed by atoms with van der Waals surface area (Å²) in [5.41, 5.74) is 4.21. The van der Waals surface area contributed by atoms with Gasteiger partial charge in [0.15, 0.2) is 17.7 Å². The van der Waals surface area contributed by atoms with E-state index in [0.29, 0.717) is 18.1 Å². The van der Waals surface area contributed by atoms with Gasteiger partial charge in [-0.2, -0.15) is 0 Å². The Morgan fingerprint density at radius 1 is 1.02 bits per heavy atom. The van der Waals surface area contributed by atoms with Crippen molar-refractivity contribution in [3.05, 3.63) is 106 Å². The number of hydrogen-bond donors (Lipinski definition) is 4. The van der Waals surface area contributed by atoms with Crippen LogP contribution >= 0.6 is 0 Å². The molecule has 4 aromatic rings. The molecule has 252 valence electrons. The summed E-state index contributed by atoms with van der Waals surface area (Å²) in [6, 6.07) is 19.7. The molecule has 1 aromatic heterocycles. The number of aromatic nitrogens is 1. The van der Waals surface area contributed by atoms with Crippen molar-refractivity contribution in [1.29, 1.82) is 0 Å². The van der Waals surface area contributed by atoms with Gasteiger partial charge in [-0.05, 0) is 53.1 Å². The highest BCUT2D eigenvalue weighted by Gasteiger charge is 2.61. The number of carbonyl (C=O) groups excluding carboxylic acids is 3. The van der Waals surface area contributed by atoms with Gasteiger partial charge < -0.3 is 35.1 Å². The number of ether oxygens (including phenoxy) is 1. The molecule has 3 amide bonds. The Morgan fingerprint density at radius 3 is 2.59 bits per heavy atom. The van der Waals surface area contributed by atoms with E-state index < -0.39 is 41.6 Å². The van der Waals surface area contributed by atoms with Crippen LogP contribution in [0.2, 0.25) is 0 Å². The number of nitrogens with zero attached hydrogens (tertiary/aromatic N) is 2. The topological polar surface area (TPSA) is 146 Å². The van der Waals surface area contributed by atoms with Crippen LogP contribution in [0.1, 0.15) is 78.1 Å². The molecule has 49 heavy (non-hydrogen) atoms. The van der Waals surface area contributed by atoms with Crippen molar-refractivity contribution in [2.45, 2.75) is 70.4 Å². The number of hydrogen-bond acceptors (Lipinski definition) is 8. The Bertz CT molecular complexity index is 2000. The molecule has 4 aliphatic heterocycles. The lowest BCUT2D eigenvalue weighted by Crippen LogP contribution is -2.52. The molecular weight excluding hydrogens is 622 g/mol. The quantitative estimate of drug-likeness (QED) is 0.249. The number of amides is 3. The lowest BCUT2D eigenvalue weighted by Gasteiger charge is -2.29. The molecule has 3 unspecified atom stereocenters. The third kappa shape index (κ3) is 4.74. The van der Waals surface area contributed by atoms with E-state index in [2.05, 4.69) is 16.0 Å². The second-order valence-corrected chi connectivity index (χ2v) is 14.1. The molecule has 0 fully saturated rings. The fraction of sp³-hybridized carbons (Fsp3) is 0.368. The van der Waals surface area contributed by atoms with Gasteiger partial charge in [0.2, 0.25) is 17.7 Å². The number of para-hydroxylation sites is 2. The average Bonchev–Trinajstić information content (AvgIpc) is 3.85. The first-order valence-electron chi connectivity index (χ1n) is 16.9. The smallest absolute Gasteiger partial charge is 0.280 e. The molecule has 3 aromatic carbocycles. The second-order valence-electron chi connectivity index (χ2n) is 14.1. The van der Waals surface area contributed by atoms with E-state index in [4.69, 9.17) is 14.1 Å². The van der Waals surface area contributed by atoms with Crippen molar-refractivity contribution < 1.29 is 28.6 Å². The lowest BCUT2D eigenvalue weighted by atomic mass is 9.72. The van der Waals surface area contributed by atoms with Crippen molar-refractivity contribution in [2.24, 2.45) is 11.8 Å². The number of anilines is 2. The molecule has 0 aliphatic carbocycles. The summed E-state index contributed by atoms with van der Waals surface area (Å²) in [5, 5.41) is 19.9. The average molecular weight is 662 g/mol. The molecule has 0 saturated heterocycles. The highest BCUT2D eigenvalue weighted by molar-refractivity contribution is 6.07. The molecule has 11 heteroatoms. The predicted molar refractivity (Wildman–Crippen MR) is 181 cm³/mol. The van der Waals surface area contributed by atoms with Crippen LogP contribution in [0.3, 0.4) is 0 Å². The maximum Gasteiger partial charge on any atom is 0.280 e. The zero-order chi connectivity index (χ0) is 34.2. The minimum Gasteiger partial charge on any atom is -0.469 e. The van der Waals surface area contributed by atoms with Crippen LogP contribution in [-0.2, 0) is 27.8 Å². The summed E-state index contributed by atoms with van der Waals surface area (Å²) in [7, 11) is 0. The van der Waals surface area contributed by atoms with Crippen molar-refractivity contribution in [1.82, 2.24) is 15.6 Å². The SMILES string of the molecule is CC(C)C(O)C(=O)N[C@H]1Cc2ccc3c(c2)C2(c4ccccc4NC2O3)c2oc(nc2C(=O)N2CCc3ccccc32)[C@H](C(C)C)NC1=O. The van der Waals surface area contributed by atoms with E-state index in [1.807, 2.05) is 80.6 Å². The third-order valence-corrected chi connectivity index (χ3v) is 10.3. The fourth-order valence-corrected chi connectivity index (χ4v) is 7.68. The minimum absolute atomic E-state index is 0.152. The van der Waals surface area contributed by atoms with Crippen LogP contribution in [-0.4, -0.2) is 52.7 Å². The van der Waals surface area contributed by atoms with Crippen LogP contribution in [0, 0.1) is 11.8 Å². The summed E-state index contributed by atoms with van der Waals surface area (Å²) in [6.07, 6.45) is -1.06. The minimum atomic E-state index is -1.29. The molecule has 4 bridgehead atoms. The molecule has 5 atom stereocenters. The van der Waals surface area contributed by atoms with Gasteiger partial charge in [0.25, 0.3) is 5.91 Å². The standard InChI is InChI=1S/C38H39N5O6/c1-19(2)29-35-42-30(36(47)43-16-15-22-9-5-8-12-27(22)43)32(49-35)38-23-10-6-7-11-25(23)40-37(38)48-28-14-13-21(17-24(28)38)18-26(33(45)41-29)39-34(46)31(44)20(3)4/h5-14,17,19-20,26,29,31,37,40,44H,15-16,18H2,1-4H3,(H,39,46)(H,41,45)/t26-,29-,31?,37?,38?/m0/s1. The van der Waals surface area contributed by atoms with E-state index in [1.165, 1.54) is 0 Å². The number of benzene rings is 3. The van der Waals surface area contributed by atoms with Crippen LogP contribution in [0.4, 0.5) is 11.4 Å². The van der Waals surface area contributed by atoms with Gasteiger partial charge in [-0.3, -0.25) is 14.4 Å². The van der Waals surface area contributed by atoms with Gasteiger partial charge in [0.1, 0.15) is 29.4 Å². The van der Waals surface area contributed by atoms with Gasteiger partial charge in [-0.1, -0.05) is 76.2 Å². The summed E-state index contributed by atoms with van der Waals surface area (Å²) < 4.78 is 13.5. The number of aliphatic hydroxyl groups is 1. The zero-order valence-corrected chi connectivity index (χ0v) is 27.8. The van der Waals surface area contributed by atoms with Gasteiger partial charge in [-0.15, -0.1) is 0 Å². The molecule has 4 N–H and O–H groups in total. The van der Waals surface area contributed by atoms with Crippen LogP contribution in [0.5, 0.6) is 5.75 Å². The number of rotatable bonds is 5.